The number of urea groups is 1. The van der Waals surface area contributed by atoms with E-state index in [1.165, 1.54) is 0 Å². The maximum Gasteiger partial charge on any atom is 0.322 e. The first-order chi connectivity index (χ1) is 11.9. The van der Waals surface area contributed by atoms with Gasteiger partial charge < -0.3 is 10.2 Å². The lowest BCUT2D eigenvalue weighted by atomic mass is 9.95. The topological polar surface area (TPSA) is 52.7 Å². The van der Waals surface area contributed by atoms with Crippen molar-refractivity contribution in [1.82, 2.24) is 15.1 Å². The van der Waals surface area contributed by atoms with Crippen molar-refractivity contribution in [3.8, 4) is 0 Å². The minimum absolute atomic E-state index is 0.0252. The monoisotopic (exact) mass is 359 g/mol. The van der Waals surface area contributed by atoms with Crippen molar-refractivity contribution in [1.29, 1.82) is 0 Å². The molecule has 3 amide bonds. The summed E-state index contributed by atoms with van der Waals surface area (Å²) in [6.07, 6.45) is 1.67. The lowest BCUT2D eigenvalue weighted by Crippen LogP contribution is -2.47. The highest BCUT2D eigenvalue weighted by Crippen LogP contribution is 2.37. The van der Waals surface area contributed by atoms with Crippen LogP contribution < -0.4 is 5.32 Å². The third-order valence-corrected chi connectivity index (χ3v) is 4.61. The van der Waals surface area contributed by atoms with Crippen molar-refractivity contribution in [3.05, 3.63) is 58.8 Å². The fourth-order valence-electron chi connectivity index (χ4n) is 3.40. The Balaban J connectivity index is 2.04. The highest BCUT2D eigenvalue weighted by Gasteiger charge is 2.43. The highest BCUT2D eigenvalue weighted by atomic mass is 35.5. The van der Waals surface area contributed by atoms with Crippen LogP contribution in [0.1, 0.15) is 25.5 Å². The fraction of sp³-hybridized carbons (Fsp3) is 0.368. The van der Waals surface area contributed by atoms with E-state index in [0.717, 1.165) is 11.3 Å². The van der Waals surface area contributed by atoms with E-state index in [1.807, 2.05) is 17.0 Å². The Morgan fingerprint density at radius 2 is 2.16 bits per heavy atom. The molecule has 2 heterocycles. The minimum atomic E-state index is -0.480. The predicted molar refractivity (Wildman–Crippen MR) is 98.1 cm³/mol. The largest absolute Gasteiger partial charge is 0.333 e. The maximum absolute atomic E-state index is 13.0. The number of benzene rings is 1. The molecule has 1 aromatic rings. The number of rotatable bonds is 5. The molecule has 6 heteroatoms. The lowest BCUT2D eigenvalue weighted by molar-refractivity contribution is -0.126. The zero-order valence-corrected chi connectivity index (χ0v) is 15.2. The van der Waals surface area contributed by atoms with Gasteiger partial charge in [-0.1, -0.05) is 43.7 Å². The van der Waals surface area contributed by atoms with Gasteiger partial charge in [0.1, 0.15) is 0 Å². The van der Waals surface area contributed by atoms with E-state index < -0.39 is 6.04 Å². The summed E-state index contributed by atoms with van der Waals surface area (Å²) in [6, 6.07) is 6.57. The summed E-state index contributed by atoms with van der Waals surface area (Å²) in [4.78, 5) is 29.0. The molecule has 0 saturated heterocycles. The van der Waals surface area contributed by atoms with Crippen LogP contribution in [-0.2, 0) is 4.79 Å². The molecule has 1 aromatic carbocycles. The van der Waals surface area contributed by atoms with Crippen LogP contribution in [0.5, 0.6) is 0 Å². The molecule has 0 aliphatic carbocycles. The molecule has 0 radical (unpaired) electrons. The summed E-state index contributed by atoms with van der Waals surface area (Å²) >= 11 is 6.11. The molecule has 2 aliphatic heterocycles. The number of carbonyl (C=O) groups excluding carboxylic acids is 2. The standard InChI is InChI=1S/C19H22ClN3O2/c1-4-8-23-15-11-22(10-12(2)3)18(24)16(15)17(21-19(23)25)13-6-5-7-14(20)9-13/h4-7,9,12,17H,1,8,10-11H2,2-3H3,(H,21,25). The summed E-state index contributed by atoms with van der Waals surface area (Å²) in [5.41, 5.74) is 2.20. The van der Waals surface area contributed by atoms with Crippen molar-refractivity contribution in [2.45, 2.75) is 19.9 Å². The Morgan fingerprint density at radius 1 is 1.40 bits per heavy atom. The molecular weight excluding hydrogens is 338 g/mol. The molecule has 0 aromatic heterocycles. The minimum Gasteiger partial charge on any atom is -0.333 e. The normalized spacial score (nSPS) is 20.2. The van der Waals surface area contributed by atoms with Gasteiger partial charge in [-0.3, -0.25) is 9.69 Å². The first kappa shape index (κ1) is 17.5. The van der Waals surface area contributed by atoms with Gasteiger partial charge in [-0.05, 0) is 23.6 Å². The quantitative estimate of drug-likeness (QED) is 0.820. The second-order valence-electron chi connectivity index (χ2n) is 6.78. The number of halogens is 1. The van der Waals surface area contributed by atoms with Gasteiger partial charge in [0.05, 0.1) is 23.9 Å². The molecule has 25 heavy (non-hydrogen) atoms. The first-order valence-corrected chi connectivity index (χ1v) is 8.77. The van der Waals surface area contributed by atoms with Crippen LogP contribution in [0.25, 0.3) is 0 Å². The van der Waals surface area contributed by atoms with Crippen LogP contribution in [0.15, 0.2) is 48.2 Å². The third kappa shape index (κ3) is 3.29. The van der Waals surface area contributed by atoms with Crippen molar-refractivity contribution >= 4 is 23.5 Å². The van der Waals surface area contributed by atoms with Gasteiger partial charge in [0.2, 0.25) is 0 Å². The summed E-state index contributed by atoms with van der Waals surface area (Å²) in [5, 5.41) is 3.52. The van der Waals surface area contributed by atoms with Crippen molar-refractivity contribution < 1.29 is 9.59 Å². The van der Waals surface area contributed by atoms with Gasteiger partial charge in [0.15, 0.2) is 0 Å². The number of nitrogens with zero attached hydrogens (tertiary/aromatic N) is 2. The van der Waals surface area contributed by atoms with Gasteiger partial charge in [0.25, 0.3) is 5.91 Å². The van der Waals surface area contributed by atoms with Gasteiger partial charge in [-0.25, -0.2) is 4.79 Å². The molecule has 2 aliphatic rings. The first-order valence-electron chi connectivity index (χ1n) is 8.39. The number of amides is 3. The SMILES string of the molecule is C=CCN1C(=O)NC(c2cccc(Cl)c2)C2=C1CN(CC(C)C)C2=O. The Hall–Kier alpha value is -2.27. The zero-order valence-electron chi connectivity index (χ0n) is 14.5. The van der Waals surface area contributed by atoms with E-state index in [-0.39, 0.29) is 11.9 Å². The van der Waals surface area contributed by atoms with E-state index in [2.05, 4.69) is 25.7 Å². The molecule has 3 rings (SSSR count). The summed E-state index contributed by atoms with van der Waals surface area (Å²) in [7, 11) is 0. The molecule has 1 unspecified atom stereocenters. The second kappa shape index (κ2) is 6.92. The molecular formula is C19H22ClN3O2. The van der Waals surface area contributed by atoms with Crippen LogP contribution >= 0.6 is 11.6 Å². The molecule has 0 fully saturated rings. The zero-order chi connectivity index (χ0) is 18.1. The van der Waals surface area contributed by atoms with Gasteiger partial charge in [-0.15, -0.1) is 6.58 Å². The van der Waals surface area contributed by atoms with Gasteiger partial charge in [-0.2, -0.15) is 0 Å². The summed E-state index contributed by atoms with van der Waals surface area (Å²) in [5.74, 6) is 0.328. The van der Waals surface area contributed by atoms with E-state index in [0.29, 0.717) is 36.1 Å². The number of nitrogens with one attached hydrogen (secondary N) is 1. The second-order valence-corrected chi connectivity index (χ2v) is 7.21. The third-order valence-electron chi connectivity index (χ3n) is 4.38. The highest BCUT2D eigenvalue weighted by molar-refractivity contribution is 6.30. The van der Waals surface area contributed by atoms with E-state index in [1.54, 1.807) is 23.1 Å². The average molecular weight is 360 g/mol. The molecule has 5 nitrogen and oxygen atoms in total. The van der Waals surface area contributed by atoms with Gasteiger partial charge >= 0.3 is 6.03 Å². The maximum atomic E-state index is 13.0. The van der Waals surface area contributed by atoms with Crippen molar-refractivity contribution in [3.63, 3.8) is 0 Å². The molecule has 0 saturated carbocycles. The van der Waals surface area contributed by atoms with Crippen LogP contribution in [0.2, 0.25) is 5.02 Å². The molecule has 1 atom stereocenters. The molecule has 0 spiro atoms. The van der Waals surface area contributed by atoms with Crippen molar-refractivity contribution in [2.75, 3.05) is 19.6 Å². The number of hydrogen-bond acceptors (Lipinski definition) is 2. The lowest BCUT2D eigenvalue weighted by Gasteiger charge is -2.33. The Bertz CT molecular complexity index is 757. The Morgan fingerprint density at radius 3 is 2.80 bits per heavy atom. The summed E-state index contributed by atoms with van der Waals surface area (Å²) in [6.45, 7) is 9.34. The predicted octanol–water partition coefficient (Wildman–Crippen LogP) is 3.34. The average Bonchev–Trinajstić information content (AvgIpc) is 2.86. The van der Waals surface area contributed by atoms with Crippen LogP contribution in [0, 0.1) is 5.92 Å². The van der Waals surface area contributed by atoms with Crippen molar-refractivity contribution in [2.24, 2.45) is 5.92 Å². The Kier molecular flexibility index (Phi) is 4.86. The van der Waals surface area contributed by atoms with E-state index >= 15 is 0 Å². The summed E-state index contributed by atoms with van der Waals surface area (Å²) < 4.78 is 0. The molecule has 132 valence electrons. The van der Waals surface area contributed by atoms with Crippen LogP contribution in [-0.4, -0.2) is 41.4 Å². The van der Waals surface area contributed by atoms with Crippen LogP contribution in [0.4, 0.5) is 4.79 Å². The van der Waals surface area contributed by atoms with E-state index in [9.17, 15) is 9.59 Å². The van der Waals surface area contributed by atoms with E-state index in [4.69, 9.17) is 11.6 Å². The number of hydrogen-bond donors (Lipinski definition) is 1. The fourth-order valence-corrected chi connectivity index (χ4v) is 3.59. The van der Waals surface area contributed by atoms with Crippen LogP contribution in [0.3, 0.4) is 0 Å². The molecule has 1 N–H and O–H groups in total. The van der Waals surface area contributed by atoms with Gasteiger partial charge in [0, 0.05) is 18.1 Å². The molecule has 0 bridgehead atoms. The number of carbonyl (C=O) groups is 2. The Labute approximate surface area is 152 Å². The smallest absolute Gasteiger partial charge is 0.322 e.